The van der Waals surface area contributed by atoms with E-state index in [-0.39, 0.29) is 11.7 Å². The van der Waals surface area contributed by atoms with Gasteiger partial charge >= 0.3 is 0 Å². The molecule has 0 radical (unpaired) electrons. The summed E-state index contributed by atoms with van der Waals surface area (Å²) in [6.07, 6.45) is 0. The van der Waals surface area contributed by atoms with Crippen molar-refractivity contribution in [2.24, 2.45) is 7.05 Å². The van der Waals surface area contributed by atoms with Gasteiger partial charge in [-0.1, -0.05) is 33.8 Å². The second-order valence-corrected chi connectivity index (χ2v) is 8.19. The van der Waals surface area contributed by atoms with Crippen molar-refractivity contribution in [1.29, 1.82) is 0 Å². The zero-order chi connectivity index (χ0) is 20.1. The molecule has 1 aromatic heterocycles. The van der Waals surface area contributed by atoms with E-state index < -0.39 is 0 Å². The Balaban J connectivity index is 1.52. The van der Waals surface area contributed by atoms with Gasteiger partial charge in [-0.2, -0.15) is 0 Å². The SMILES string of the molecule is Cc1ccc(NC(=O)CSc2nnc(COc3ccc(Br)cc3)n2C)cc1C. The Morgan fingerprint density at radius 2 is 1.89 bits per heavy atom. The molecular weight excluding hydrogens is 440 g/mol. The van der Waals surface area contributed by atoms with Crippen molar-refractivity contribution in [3.8, 4) is 5.75 Å². The van der Waals surface area contributed by atoms with Crippen LogP contribution in [-0.2, 0) is 18.4 Å². The molecule has 0 spiro atoms. The Morgan fingerprint density at radius 1 is 1.14 bits per heavy atom. The average molecular weight is 461 g/mol. The highest BCUT2D eigenvalue weighted by Gasteiger charge is 2.12. The van der Waals surface area contributed by atoms with Gasteiger partial charge in [0.15, 0.2) is 11.0 Å². The summed E-state index contributed by atoms with van der Waals surface area (Å²) < 4.78 is 8.57. The number of halogens is 1. The van der Waals surface area contributed by atoms with Gasteiger partial charge in [0.1, 0.15) is 12.4 Å². The fourth-order valence-corrected chi connectivity index (χ4v) is 3.42. The lowest BCUT2D eigenvalue weighted by molar-refractivity contribution is -0.113. The molecule has 1 amide bonds. The van der Waals surface area contributed by atoms with Crippen LogP contribution in [0.2, 0.25) is 0 Å². The van der Waals surface area contributed by atoms with Gasteiger partial charge < -0.3 is 14.6 Å². The number of hydrogen-bond acceptors (Lipinski definition) is 5. The number of carbonyl (C=O) groups excluding carboxylic acids is 1. The molecule has 1 heterocycles. The van der Waals surface area contributed by atoms with Crippen LogP contribution in [0.25, 0.3) is 0 Å². The van der Waals surface area contributed by atoms with Crippen molar-refractivity contribution >= 4 is 39.3 Å². The first-order valence-corrected chi connectivity index (χ1v) is 10.5. The lowest BCUT2D eigenvalue weighted by Crippen LogP contribution is -2.14. The zero-order valence-corrected chi connectivity index (χ0v) is 18.3. The highest BCUT2D eigenvalue weighted by molar-refractivity contribution is 9.10. The van der Waals surface area contributed by atoms with Gasteiger partial charge in [-0.05, 0) is 61.4 Å². The van der Waals surface area contributed by atoms with Gasteiger partial charge in [0.05, 0.1) is 5.75 Å². The second kappa shape index (κ2) is 9.25. The number of amides is 1. The number of thioether (sulfide) groups is 1. The summed E-state index contributed by atoms with van der Waals surface area (Å²) in [4.78, 5) is 12.2. The predicted octanol–water partition coefficient (Wildman–Crippen LogP) is 4.50. The number of nitrogens with one attached hydrogen (secondary N) is 1. The monoisotopic (exact) mass is 460 g/mol. The maximum atomic E-state index is 12.2. The van der Waals surface area contributed by atoms with Crippen molar-refractivity contribution < 1.29 is 9.53 Å². The first-order valence-electron chi connectivity index (χ1n) is 8.69. The molecule has 3 rings (SSSR count). The molecule has 0 saturated carbocycles. The summed E-state index contributed by atoms with van der Waals surface area (Å²) in [5, 5.41) is 11.9. The van der Waals surface area contributed by atoms with Gasteiger partial charge in [-0.25, -0.2) is 0 Å². The summed E-state index contributed by atoms with van der Waals surface area (Å²) >= 11 is 4.74. The normalized spacial score (nSPS) is 10.7. The molecule has 1 N–H and O–H groups in total. The Bertz CT molecular complexity index is 973. The van der Waals surface area contributed by atoms with E-state index in [1.165, 1.54) is 17.3 Å². The number of aryl methyl sites for hydroxylation is 2. The van der Waals surface area contributed by atoms with Crippen molar-refractivity contribution in [2.45, 2.75) is 25.6 Å². The predicted molar refractivity (Wildman–Crippen MR) is 115 cm³/mol. The molecule has 0 aliphatic heterocycles. The standard InChI is InChI=1S/C20H21BrN4O2S/c1-13-4-7-16(10-14(13)2)22-19(26)12-28-20-24-23-18(25(20)3)11-27-17-8-5-15(21)6-9-17/h4-10H,11-12H2,1-3H3,(H,22,26). The second-order valence-electron chi connectivity index (χ2n) is 6.34. The smallest absolute Gasteiger partial charge is 0.234 e. The molecule has 0 bridgehead atoms. The van der Waals surface area contributed by atoms with Crippen LogP contribution < -0.4 is 10.1 Å². The van der Waals surface area contributed by atoms with Crippen LogP contribution in [0.1, 0.15) is 17.0 Å². The number of carbonyl (C=O) groups is 1. The summed E-state index contributed by atoms with van der Waals surface area (Å²) in [6.45, 7) is 4.38. The van der Waals surface area contributed by atoms with Crippen LogP contribution in [0.15, 0.2) is 52.1 Å². The lowest BCUT2D eigenvalue weighted by Gasteiger charge is -2.08. The fraction of sp³-hybridized carbons (Fsp3) is 0.250. The van der Waals surface area contributed by atoms with Crippen LogP contribution in [0.4, 0.5) is 5.69 Å². The summed E-state index contributed by atoms with van der Waals surface area (Å²) in [6, 6.07) is 13.5. The first-order chi connectivity index (χ1) is 13.4. The Morgan fingerprint density at radius 3 is 2.61 bits per heavy atom. The zero-order valence-electron chi connectivity index (χ0n) is 15.9. The maximum absolute atomic E-state index is 12.2. The molecular formula is C20H21BrN4O2S. The van der Waals surface area contributed by atoms with Gasteiger partial charge in [0, 0.05) is 17.2 Å². The minimum Gasteiger partial charge on any atom is -0.486 e. The fourth-order valence-electron chi connectivity index (χ4n) is 2.42. The summed E-state index contributed by atoms with van der Waals surface area (Å²) in [5.74, 6) is 1.63. The number of benzene rings is 2. The van der Waals surface area contributed by atoms with E-state index in [4.69, 9.17) is 4.74 Å². The van der Waals surface area contributed by atoms with Crippen molar-refractivity contribution in [3.63, 3.8) is 0 Å². The molecule has 146 valence electrons. The number of aromatic nitrogens is 3. The van der Waals surface area contributed by atoms with Crippen LogP contribution in [0.5, 0.6) is 5.75 Å². The summed E-state index contributed by atoms with van der Waals surface area (Å²) in [5.41, 5.74) is 3.15. The van der Waals surface area contributed by atoms with Gasteiger partial charge in [0.25, 0.3) is 0 Å². The first kappa shape index (κ1) is 20.4. The van der Waals surface area contributed by atoms with E-state index in [0.717, 1.165) is 21.5 Å². The van der Waals surface area contributed by atoms with Crippen molar-refractivity contribution in [3.05, 3.63) is 63.9 Å². The third kappa shape index (κ3) is 5.36. The molecule has 28 heavy (non-hydrogen) atoms. The molecule has 2 aromatic carbocycles. The topological polar surface area (TPSA) is 69.0 Å². The third-order valence-corrected chi connectivity index (χ3v) is 5.78. The van der Waals surface area contributed by atoms with Crippen LogP contribution >= 0.6 is 27.7 Å². The molecule has 0 atom stereocenters. The van der Waals surface area contributed by atoms with Gasteiger partial charge in [-0.3, -0.25) is 4.79 Å². The average Bonchev–Trinajstić information content (AvgIpc) is 3.02. The lowest BCUT2D eigenvalue weighted by atomic mass is 10.1. The number of ether oxygens (including phenoxy) is 1. The van der Waals surface area contributed by atoms with E-state index in [1.54, 1.807) is 0 Å². The summed E-state index contributed by atoms with van der Waals surface area (Å²) in [7, 11) is 1.86. The largest absolute Gasteiger partial charge is 0.486 e. The van der Waals surface area contributed by atoms with E-state index in [0.29, 0.717) is 17.6 Å². The van der Waals surface area contributed by atoms with E-state index in [2.05, 4.69) is 31.4 Å². The minimum atomic E-state index is -0.0797. The van der Waals surface area contributed by atoms with Gasteiger partial charge in [-0.15, -0.1) is 10.2 Å². The van der Waals surface area contributed by atoms with Crippen molar-refractivity contribution in [1.82, 2.24) is 14.8 Å². The minimum absolute atomic E-state index is 0.0797. The Labute approximate surface area is 176 Å². The third-order valence-electron chi connectivity index (χ3n) is 4.23. The number of hydrogen-bond donors (Lipinski definition) is 1. The quantitative estimate of drug-likeness (QED) is 0.525. The molecule has 0 saturated heterocycles. The van der Waals surface area contributed by atoms with E-state index in [9.17, 15) is 4.79 Å². The Kier molecular flexibility index (Phi) is 6.74. The Hall–Kier alpha value is -2.32. The van der Waals surface area contributed by atoms with Crippen LogP contribution in [0.3, 0.4) is 0 Å². The number of anilines is 1. The van der Waals surface area contributed by atoms with Crippen molar-refractivity contribution in [2.75, 3.05) is 11.1 Å². The molecule has 6 nitrogen and oxygen atoms in total. The van der Waals surface area contributed by atoms with Crippen LogP contribution in [-0.4, -0.2) is 26.4 Å². The molecule has 0 unspecified atom stereocenters. The highest BCUT2D eigenvalue weighted by atomic mass is 79.9. The van der Waals surface area contributed by atoms with E-state index >= 15 is 0 Å². The maximum Gasteiger partial charge on any atom is 0.234 e. The highest BCUT2D eigenvalue weighted by Crippen LogP contribution is 2.20. The number of nitrogens with zero attached hydrogens (tertiary/aromatic N) is 3. The molecule has 0 aliphatic rings. The molecule has 3 aromatic rings. The van der Waals surface area contributed by atoms with Crippen LogP contribution in [0, 0.1) is 13.8 Å². The van der Waals surface area contributed by atoms with Gasteiger partial charge in [0.2, 0.25) is 5.91 Å². The molecule has 8 heteroatoms. The molecule has 0 aliphatic carbocycles. The van der Waals surface area contributed by atoms with E-state index in [1.807, 2.05) is 67.9 Å². The number of rotatable bonds is 7. The molecule has 0 fully saturated rings.